The predicted octanol–water partition coefficient (Wildman–Crippen LogP) is 1.63. The third-order valence-electron chi connectivity index (χ3n) is 5.84. The second-order valence-corrected chi connectivity index (χ2v) is 9.91. The topological polar surface area (TPSA) is 120 Å². The molecule has 1 aromatic carbocycles. The first-order valence-electron chi connectivity index (χ1n) is 11.0. The standard InChI is InChI=1S/C22H28N4O6S/c1-30-21-22(24-11-10-23-21)32-18-6-4-17(5-7-18)25-20(27)16-2-8-19(9-3-16)33(28,29)26-12-14-31-15-13-26/h2-3,8-11,17-18H,4-7,12-15H2,1H3,(H,25,27). The first-order chi connectivity index (χ1) is 16.0. The van der Waals surface area contributed by atoms with Crippen LogP contribution in [0.3, 0.4) is 0 Å². The van der Waals surface area contributed by atoms with E-state index in [0.717, 1.165) is 25.7 Å². The van der Waals surface area contributed by atoms with Crippen LogP contribution in [-0.2, 0) is 14.8 Å². The SMILES string of the molecule is COc1nccnc1OC1CCC(NC(=O)c2ccc(S(=O)(=O)N3CCOCC3)cc2)CC1. The van der Waals surface area contributed by atoms with Crippen LogP contribution in [0.1, 0.15) is 36.0 Å². The Morgan fingerprint density at radius 2 is 1.67 bits per heavy atom. The Kier molecular flexibility index (Phi) is 7.41. The largest absolute Gasteiger partial charge is 0.477 e. The second-order valence-electron chi connectivity index (χ2n) is 7.98. The van der Waals surface area contributed by atoms with E-state index in [2.05, 4.69) is 15.3 Å². The summed E-state index contributed by atoms with van der Waals surface area (Å²) in [5.74, 6) is 0.511. The summed E-state index contributed by atoms with van der Waals surface area (Å²) in [5, 5.41) is 3.04. The van der Waals surface area contributed by atoms with E-state index in [1.165, 1.54) is 23.5 Å². The van der Waals surface area contributed by atoms with Gasteiger partial charge in [-0.1, -0.05) is 0 Å². The van der Waals surface area contributed by atoms with Crippen LogP contribution < -0.4 is 14.8 Å². The van der Waals surface area contributed by atoms with Gasteiger partial charge in [-0.25, -0.2) is 18.4 Å². The van der Waals surface area contributed by atoms with Crippen LogP contribution in [0.25, 0.3) is 0 Å². The van der Waals surface area contributed by atoms with Crippen molar-refractivity contribution in [3.8, 4) is 11.8 Å². The Labute approximate surface area is 193 Å². The fourth-order valence-corrected chi connectivity index (χ4v) is 5.41. The molecular formula is C22H28N4O6S. The maximum Gasteiger partial charge on any atom is 0.278 e. The van der Waals surface area contributed by atoms with E-state index in [9.17, 15) is 13.2 Å². The molecule has 11 heteroatoms. The molecule has 0 bridgehead atoms. The number of hydrogen-bond donors (Lipinski definition) is 1. The number of ether oxygens (including phenoxy) is 3. The summed E-state index contributed by atoms with van der Waals surface area (Å²) < 4.78 is 43.2. The molecule has 0 unspecified atom stereocenters. The molecular weight excluding hydrogens is 448 g/mol. The van der Waals surface area contributed by atoms with Crippen molar-refractivity contribution in [2.24, 2.45) is 0 Å². The van der Waals surface area contributed by atoms with Crippen molar-refractivity contribution in [1.82, 2.24) is 19.6 Å². The van der Waals surface area contributed by atoms with Gasteiger partial charge in [-0.05, 0) is 49.9 Å². The minimum atomic E-state index is -3.58. The van der Waals surface area contributed by atoms with Gasteiger partial charge < -0.3 is 19.5 Å². The van der Waals surface area contributed by atoms with Crippen molar-refractivity contribution in [3.63, 3.8) is 0 Å². The second kappa shape index (κ2) is 10.4. The lowest BCUT2D eigenvalue weighted by Crippen LogP contribution is -2.40. The zero-order chi connectivity index (χ0) is 23.3. The molecule has 0 spiro atoms. The van der Waals surface area contributed by atoms with E-state index < -0.39 is 10.0 Å². The normalized spacial score (nSPS) is 21.8. The molecule has 1 saturated heterocycles. The lowest BCUT2D eigenvalue weighted by molar-refractivity contribution is 0.0730. The average Bonchev–Trinajstić information content (AvgIpc) is 2.86. The van der Waals surface area contributed by atoms with Gasteiger partial charge in [-0.15, -0.1) is 0 Å². The van der Waals surface area contributed by atoms with E-state index >= 15 is 0 Å². The number of aromatic nitrogens is 2. The summed E-state index contributed by atoms with van der Waals surface area (Å²) in [7, 11) is -2.06. The number of methoxy groups -OCH3 is 1. The molecule has 2 heterocycles. The molecule has 1 aromatic heterocycles. The number of nitrogens with zero attached hydrogens (tertiary/aromatic N) is 3. The number of benzene rings is 1. The number of sulfonamides is 1. The van der Waals surface area contributed by atoms with E-state index in [1.807, 2.05) is 0 Å². The number of carbonyl (C=O) groups is 1. The highest BCUT2D eigenvalue weighted by atomic mass is 32.2. The Hall–Kier alpha value is -2.76. The number of nitrogens with one attached hydrogen (secondary N) is 1. The van der Waals surface area contributed by atoms with E-state index in [4.69, 9.17) is 14.2 Å². The lowest BCUT2D eigenvalue weighted by Gasteiger charge is -2.29. The third-order valence-corrected chi connectivity index (χ3v) is 7.75. The Bertz CT molecular complexity index is 1050. The summed E-state index contributed by atoms with van der Waals surface area (Å²) >= 11 is 0. The molecule has 2 aliphatic rings. The Morgan fingerprint density at radius 1 is 1.03 bits per heavy atom. The summed E-state index contributed by atoms with van der Waals surface area (Å²) in [6, 6.07) is 6.10. The van der Waals surface area contributed by atoms with Crippen molar-refractivity contribution in [2.75, 3.05) is 33.4 Å². The van der Waals surface area contributed by atoms with Gasteiger partial charge in [0.1, 0.15) is 6.10 Å². The summed E-state index contributed by atoms with van der Waals surface area (Å²) in [6.45, 7) is 1.44. The van der Waals surface area contributed by atoms with Crippen molar-refractivity contribution in [3.05, 3.63) is 42.2 Å². The molecule has 1 amide bonds. The Balaban J connectivity index is 1.29. The number of amides is 1. The maximum absolute atomic E-state index is 12.7. The monoisotopic (exact) mass is 476 g/mol. The quantitative estimate of drug-likeness (QED) is 0.640. The molecule has 0 radical (unpaired) electrons. The Morgan fingerprint density at radius 3 is 2.30 bits per heavy atom. The van der Waals surface area contributed by atoms with Gasteiger partial charge >= 0.3 is 0 Å². The van der Waals surface area contributed by atoms with Gasteiger partial charge in [0.05, 0.1) is 25.2 Å². The van der Waals surface area contributed by atoms with Gasteiger partial charge in [0.2, 0.25) is 10.0 Å². The van der Waals surface area contributed by atoms with Gasteiger partial charge in [0.15, 0.2) is 0 Å². The molecule has 1 N–H and O–H groups in total. The van der Waals surface area contributed by atoms with Crippen molar-refractivity contribution < 1.29 is 27.4 Å². The molecule has 10 nitrogen and oxygen atoms in total. The highest BCUT2D eigenvalue weighted by molar-refractivity contribution is 7.89. The predicted molar refractivity (Wildman–Crippen MR) is 119 cm³/mol. The zero-order valence-electron chi connectivity index (χ0n) is 18.5. The van der Waals surface area contributed by atoms with Gasteiger partial charge in [-0.3, -0.25) is 4.79 Å². The zero-order valence-corrected chi connectivity index (χ0v) is 19.3. The molecule has 33 heavy (non-hydrogen) atoms. The first-order valence-corrected chi connectivity index (χ1v) is 12.4. The minimum Gasteiger partial charge on any atom is -0.477 e. The molecule has 4 rings (SSSR count). The van der Waals surface area contributed by atoms with Gasteiger partial charge in [0, 0.05) is 37.1 Å². The minimum absolute atomic E-state index is 0.0200. The van der Waals surface area contributed by atoms with E-state index in [-0.39, 0.29) is 22.9 Å². The average molecular weight is 477 g/mol. The number of morpholine rings is 1. The lowest BCUT2D eigenvalue weighted by atomic mass is 9.92. The highest BCUT2D eigenvalue weighted by Crippen LogP contribution is 2.27. The number of rotatable bonds is 7. The van der Waals surface area contributed by atoms with Crippen LogP contribution in [0, 0.1) is 0 Å². The number of hydrogen-bond acceptors (Lipinski definition) is 8. The van der Waals surface area contributed by atoms with Gasteiger partial charge in [0.25, 0.3) is 17.7 Å². The fourth-order valence-electron chi connectivity index (χ4n) is 4.00. The van der Waals surface area contributed by atoms with Crippen LogP contribution in [0.4, 0.5) is 0 Å². The molecule has 1 saturated carbocycles. The van der Waals surface area contributed by atoms with Crippen LogP contribution in [0.5, 0.6) is 11.8 Å². The fraction of sp³-hybridized carbons (Fsp3) is 0.500. The maximum atomic E-state index is 12.7. The molecule has 1 aliphatic carbocycles. The third kappa shape index (κ3) is 5.60. The number of carbonyl (C=O) groups excluding carboxylic acids is 1. The van der Waals surface area contributed by atoms with Crippen molar-refractivity contribution in [1.29, 1.82) is 0 Å². The van der Waals surface area contributed by atoms with Crippen molar-refractivity contribution in [2.45, 2.75) is 42.7 Å². The first kappa shape index (κ1) is 23.4. The molecule has 0 atom stereocenters. The van der Waals surface area contributed by atoms with Gasteiger partial charge in [-0.2, -0.15) is 4.31 Å². The molecule has 2 fully saturated rings. The van der Waals surface area contributed by atoms with Crippen molar-refractivity contribution >= 4 is 15.9 Å². The van der Waals surface area contributed by atoms with Crippen LogP contribution in [0.2, 0.25) is 0 Å². The molecule has 178 valence electrons. The van der Waals surface area contributed by atoms with Crippen LogP contribution in [0.15, 0.2) is 41.6 Å². The summed E-state index contributed by atoms with van der Waals surface area (Å²) in [4.78, 5) is 21.1. The van der Waals surface area contributed by atoms with Crippen LogP contribution in [-0.4, -0.2) is 74.2 Å². The van der Waals surface area contributed by atoms with E-state index in [0.29, 0.717) is 43.6 Å². The smallest absolute Gasteiger partial charge is 0.278 e. The van der Waals surface area contributed by atoms with E-state index in [1.54, 1.807) is 24.5 Å². The summed E-state index contributed by atoms with van der Waals surface area (Å²) in [5.41, 5.74) is 0.429. The highest BCUT2D eigenvalue weighted by Gasteiger charge is 2.27. The molecule has 1 aliphatic heterocycles. The van der Waals surface area contributed by atoms with Crippen LogP contribution >= 0.6 is 0 Å². The molecule has 2 aromatic rings. The summed E-state index contributed by atoms with van der Waals surface area (Å²) in [6.07, 6.45) is 6.14.